The van der Waals surface area contributed by atoms with Gasteiger partial charge >= 0.3 is 0 Å². The molecule has 0 saturated carbocycles. The largest absolute Gasteiger partial charge is 0.379 e. The quantitative estimate of drug-likeness (QED) is 0.729. The van der Waals surface area contributed by atoms with Crippen molar-refractivity contribution in [3.8, 4) is 0 Å². The second kappa shape index (κ2) is 6.62. The maximum absolute atomic E-state index is 12.4. The summed E-state index contributed by atoms with van der Waals surface area (Å²) in [5.74, 6) is 0.158. The maximum atomic E-state index is 12.4. The minimum atomic E-state index is -3.33. The van der Waals surface area contributed by atoms with E-state index in [1.165, 1.54) is 6.92 Å². The van der Waals surface area contributed by atoms with Crippen molar-refractivity contribution < 1.29 is 17.9 Å². The van der Waals surface area contributed by atoms with Crippen molar-refractivity contribution in [2.45, 2.75) is 31.6 Å². The molecule has 122 valence electrons. The highest BCUT2D eigenvalue weighted by Crippen LogP contribution is 2.26. The van der Waals surface area contributed by atoms with Gasteiger partial charge in [-0.05, 0) is 12.8 Å². The fourth-order valence-corrected chi connectivity index (χ4v) is 3.71. The van der Waals surface area contributed by atoms with Crippen LogP contribution in [0.2, 0.25) is 0 Å². The standard InChI is InChI=1S/C14H26N2O4S/c1-4-12-9-16(14(17)11(2)21(3,18)19)10-13(12)15-5-7-20-8-6-15/h11-13H,4-10H2,1-3H3/t11-,12-,13-/m1/s1. The van der Waals surface area contributed by atoms with Crippen LogP contribution in [0.5, 0.6) is 0 Å². The van der Waals surface area contributed by atoms with Crippen molar-refractivity contribution >= 4 is 15.7 Å². The van der Waals surface area contributed by atoms with Gasteiger partial charge in [0, 0.05) is 38.5 Å². The van der Waals surface area contributed by atoms with Gasteiger partial charge in [0.1, 0.15) is 5.25 Å². The highest BCUT2D eigenvalue weighted by molar-refractivity contribution is 7.92. The summed E-state index contributed by atoms with van der Waals surface area (Å²) in [6.07, 6.45) is 2.13. The van der Waals surface area contributed by atoms with Gasteiger partial charge in [-0.3, -0.25) is 9.69 Å². The fourth-order valence-electron chi connectivity index (χ4n) is 3.20. The van der Waals surface area contributed by atoms with E-state index in [1.807, 2.05) is 0 Å². The lowest BCUT2D eigenvalue weighted by Crippen LogP contribution is -2.48. The zero-order chi connectivity index (χ0) is 15.6. The molecule has 2 heterocycles. The molecule has 0 aromatic heterocycles. The molecule has 0 aromatic rings. The molecule has 21 heavy (non-hydrogen) atoms. The van der Waals surface area contributed by atoms with Gasteiger partial charge in [0.2, 0.25) is 5.91 Å². The lowest BCUT2D eigenvalue weighted by atomic mass is 9.99. The van der Waals surface area contributed by atoms with Crippen molar-refractivity contribution in [3.63, 3.8) is 0 Å². The predicted octanol–water partition coefficient (Wildman–Crippen LogP) is -0.0113. The lowest BCUT2D eigenvalue weighted by molar-refractivity contribution is -0.129. The van der Waals surface area contributed by atoms with E-state index >= 15 is 0 Å². The number of carbonyl (C=O) groups excluding carboxylic acids is 1. The predicted molar refractivity (Wildman–Crippen MR) is 80.8 cm³/mol. The Kier molecular flexibility index (Phi) is 5.27. The first kappa shape index (κ1) is 16.7. The molecular formula is C14H26N2O4S. The number of carbonyl (C=O) groups is 1. The summed E-state index contributed by atoms with van der Waals surface area (Å²) in [6, 6.07) is 0.328. The van der Waals surface area contributed by atoms with E-state index in [0.717, 1.165) is 39.0 Å². The summed E-state index contributed by atoms with van der Waals surface area (Å²) in [4.78, 5) is 16.5. The number of nitrogens with zero attached hydrogens (tertiary/aromatic N) is 2. The first-order valence-electron chi connectivity index (χ1n) is 7.64. The third-order valence-corrected chi connectivity index (χ3v) is 6.23. The van der Waals surface area contributed by atoms with Crippen LogP contribution in [0.25, 0.3) is 0 Å². The van der Waals surface area contributed by atoms with E-state index in [4.69, 9.17) is 4.74 Å². The molecular weight excluding hydrogens is 292 g/mol. The first-order valence-corrected chi connectivity index (χ1v) is 9.59. The number of likely N-dealkylation sites (tertiary alicyclic amines) is 1. The number of amides is 1. The average molecular weight is 318 g/mol. The molecule has 2 fully saturated rings. The Hall–Kier alpha value is -0.660. The van der Waals surface area contributed by atoms with Crippen LogP contribution in [0.1, 0.15) is 20.3 Å². The Morgan fingerprint density at radius 3 is 2.43 bits per heavy atom. The van der Waals surface area contributed by atoms with Gasteiger partial charge in [0.05, 0.1) is 13.2 Å². The Bertz CT molecular complexity index is 473. The first-order chi connectivity index (χ1) is 9.84. The fraction of sp³-hybridized carbons (Fsp3) is 0.929. The third kappa shape index (κ3) is 3.76. The van der Waals surface area contributed by atoms with Crippen molar-refractivity contribution in [3.05, 3.63) is 0 Å². The summed E-state index contributed by atoms with van der Waals surface area (Å²) >= 11 is 0. The number of sulfone groups is 1. The van der Waals surface area contributed by atoms with Gasteiger partial charge in [-0.1, -0.05) is 13.3 Å². The molecule has 0 aromatic carbocycles. The molecule has 0 aliphatic carbocycles. The topological polar surface area (TPSA) is 66.9 Å². The maximum Gasteiger partial charge on any atom is 0.240 e. The molecule has 7 heteroatoms. The molecule has 0 bridgehead atoms. The van der Waals surface area contributed by atoms with E-state index in [9.17, 15) is 13.2 Å². The SMILES string of the molecule is CC[C@@H]1CN(C(=O)[C@@H](C)S(C)(=O)=O)C[C@H]1N1CCOCC1. The van der Waals surface area contributed by atoms with E-state index in [-0.39, 0.29) is 5.91 Å². The summed E-state index contributed by atoms with van der Waals surface area (Å²) in [7, 11) is -3.33. The van der Waals surface area contributed by atoms with Crippen LogP contribution in [0, 0.1) is 5.92 Å². The lowest BCUT2D eigenvalue weighted by Gasteiger charge is -2.34. The summed E-state index contributed by atoms with van der Waals surface area (Å²) < 4.78 is 28.6. The number of morpholine rings is 1. The zero-order valence-corrected chi connectivity index (χ0v) is 13.9. The van der Waals surface area contributed by atoms with Crippen molar-refractivity contribution in [2.24, 2.45) is 5.92 Å². The number of rotatable bonds is 4. The van der Waals surface area contributed by atoms with E-state index in [2.05, 4.69) is 11.8 Å². The molecule has 0 unspecified atom stereocenters. The Morgan fingerprint density at radius 1 is 1.29 bits per heavy atom. The van der Waals surface area contributed by atoms with Crippen molar-refractivity contribution in [2.75, 3.05) is 45.6 Å². The normalized spacial score (nSPS) is 29.6. The minimum absolute atomic E-state index is 0.258. The Labute approximate surface area is 127 Å². The highest BCUT2D eigenvalue weighted by atomic mass is 32.2. The Balaban J connectivity index is 2.05. The molecule has 2 aliphatic heterocycles. The van der Waals surface area contributed by atoms with E-state index in [0.29, 0.717) is 25.0 Å². The second-order valence-corrected chi connectivity index (χ2v) is 8.47. The molecule has 2 saturated heterocycles. The molecule has 2 rings (SSSR count). The summed E-state index contributed by atoms with van der Waals surface area (Å²) in [5.41, 5.74) is 0. The van der Waals surface area contributed by atoms with Crippen LogP contribution in [-0.2, 0) is 19.4 Å². The molecule has 0 N–H and O–H groups in total. The van der Waals surface area contributed by atoms with E-state index in [1.54, 1.807) is 4.90 Å². The molecule has 6 nitrogen and oxygen atoms in total. The van der Waals surface area contributed by atoms with Gasteiger partial charge in [-0.2, -0.15) is 0 Å². The number of hydrogen-bond acceptors (Lipinski definition) is 5. The van der Waals surface area contributed by atoms with Gasteiger partial charge in [0.15, 0.2) is 9.84 Å². The molecule has 3 atom stereocenters. The van der Waals surface area contributed by atoms with Crippen LogP contribution >= 0.6 is 0 Å². The Morgan fingerprint density at radius 2 is 1.90 bits per heavy atom. The smallest absolute Gasteiger partial charge is 0.240 e. The van der Waals surface area contributed by atoms with E-state index < -0.39 is 15.1 Å². The van der Waals surface area contributed by atoms with Crippen LogP contribution in [0.3, 0.4) is 0 Å². The van der Waals surface area contributed by atoms with Gasteiger partial charge in [-0.25, -0.2) is 8.42 Å². The van der Waals surface area contributed by atoms with Gasteiger partial charge < -0.3 is 9.64 Å². The highest BCUT2D eigenvalue weighted by Gasteiger charge is 2.40. The van der Waals surface area contributed by atoms with Gasteiger partial charge in [0.25, 0.3) is 0 Å². The molecule has 1 amide bonds. The van der Waals surface area contributed by atoms with Crippen LogP contribution in [0.15, 0.2) is 0 Å². The molecule has 0 radical (unpaired) electrons. The zero-order valence-electron chi connectivity index (χ0n) is 13.1. The molecule has 2 aliphatic rings. The summed E-state index contributed by atoms with van der Waals surface area (Å²) in [5, 5.41) is -0.946. The van der Waals surface area contributed by atoms with Crippen molar-refractivity contribution in [1.82, 2.24) is 9.80 Å². The molecule has 0 spiro atoms. The third-order valence-electron chi connectivity index (χ3n) is 4.75. The number of ether oxygens (including phenoxy) is 1. The average Bonchev–Trinajstić information content (AvgIpc) is 2.90. The monoisotopic (exact) mass is 318 g/mol. The minimum Gasteiger partial charge on any atom is -0.379 e. The van der Waals surface area contributed by atoms with Crippen LogP contribution < -0.4 is 0 Å². The number of hydrogen-bond donors (Lipinski definition) is 0. The summed E-state index contributed by atoms with van der Waals surface area (Å²) in [6.45, 7) is 8.18. The van der Waals surface area contributed by atoms with Gasteiger partial charge in [-0.15, -0.1) is 0 Å². The second-order valence-electron chi connectivity index (χ2n) is 6.10. The van der Waals surface area contributed by atoms with Crippen LogP contribution in [-0.4, -0.2) is 81.1 Å². The van der Waals surface area contributed by atoms with Crippen LogP contribution in [0.4, 0.5) is 0 Å². The van der Waals surface area contributed by atoms with Crippen molar-refractivity contribution in [1.29, 1.82) is 0 Å².